The maximum absolute atomic E-state index is 12.5. The molecule has 0 atom stereocenters. The number of allylic oxidation sites excluding steroid dienone is 1. The quantitative estimate of drug-likeness (QED) is 0.880. The summed E-state index contributed by atoms with van der Waals surface area (Å²) in [7, 11) is 1.79. The molecule has 0 saturated heterocycles. The molecule has 0 radical (unpaired) electrons. The van der Waals surface area contributed by atoms with Gasteiger partial charge in [0.1, 0.15) is 5.69 Å². The first-order valence-corrected chi connectivity index (χ1v) is 6.71. The molecule has 0 spiro atoms. The van der Waals surface area contributed by atoms with Gasteiger partial charge in [0.15, 0.2) is 0 Å². The Hall–Kier alpha value is -2.56. The lowest BCUT2D eigenvalue weighted by Crippen LogP contribution is -2.22. The molecule has 0 aliphatic carbocycles. The fraction of sp³-hybridized carbons (Fsp3) is 0.250. The van der Waals surface area contributed by atoms with Gasteiger partial charge in [-0.1, -0.05) is 23.8 Å². The fourth-order valence-electron chi connectivity index (χ4n) is 2.13. The molecule has 1 aromatic carbocycles. The van der Waals surface area contributed by atoms with E-state index in [0.717, 1.165) is 11.3 Å². The third kappa shape index (κ3) is 2.97. The SMILES string of the molecule is CC(C)=CC(=O)Nc1c(C)n(C)n(-c2ccccc2)c1=O. The maximum Gasteiger partial charge on any atom is 0.295 e. The Kier molecular flexibility index (Phi) is 4.12. The summed E-state index contributed by atoms with van der Waals surface area (Å²) in [6.45, 7) is 5.47. The number of benzene rings is 1. The van der Waals surface area contributed by atoms with Crippen molar-refractivity contribution in [1.29, 1.82) is 0 Å². The number of carbonyl (C=O) groups excluding carboxylic acids is 1. The second-order valence-electron chi connectivity index (χ2n) is 5.15. The lowest BCUT2D eigenvalue weighted by atomic mass is 10.3. The lowest BCUT2D eigenvalue weighted by molar-refractivity contribution is -0.112. The number of nitrogens with one attached hydrogen (secondary N) is 1. The number of hydrogen-bond donors (Lipinski definition) is 1. The summed E-state index contributed by atoms with van der Waals surface area (Å²) < 4.78 is 3.27. The molecule has 1 amide bonds. The fourth-order valence-corrected chi connectivity index (χ4v) is 2.13. The van der Waals surface area contributed by atoms with E-state index in [9.17, 15) is 9.59 Å². The number of para-hydroxylation sites is 1. The van der Waals surface area contributed by atoms with Crippen molar-refractivity contribution in [3.8, 4) is 5.69 Å². The standard InChI is InChI=1S/C16H19N3O2/c1-11(2)10-14(20)17-15-12(3)18(4)19(16(15)21)13-8-6-5-7-9-13/h5-10H,1-4H3,(H,17,20). The van der Waals surface area contributed by atoms with Crippen LogP contribution in [0.3, 0.4) is 0 Å². The molecule has 1 aromatic heterocycles. The molecule has 21 heavy (non-hydrogen) atoms. The summed E-state index contributed by atoms with van der Waals surface area (Å²) in [5.74, 6) is -0.291. The highest BCUT2D eigenvalue weighted by atomic mass is 16.2. The minimum atomic E-state index is -0.291. The average molecular weight is 285 g/mol. The van der Waals surface area contributed by atoms with Gasteiger partial charge in [0.2, 0.25) is 5.91 Å². The third-order valence-corrected chi connectivity index (χ3v) is 3.22. The molecule has 5 nitrogen and oxygen atoms in total. The van der Waals surface area contributed by atoms with E-state index in [-0.39, 0.29) is 11.5 Å². The number of carbonyl (C=O) groups is 1. The highest BCUT2D eigenvalue weighted by Crippen LogP contribution is 2.13. The van der Waals surface area contributed by atoms with E-state index in [1.807, 2.05) is 44.2 Å². The van der Waals surface area contributed by atoms with Crippen LogP contribution in [0.5, 0.6) is 0 Å². The number of rotatable bonds is 3. The number of anilines is 1. The highest BCUT2D eigenvalue weighted by molar-refractivity contribution is 5.99. The second-order valence-corrected chi connectivity index (χ2v) is 5.15. The molecule has 0 saturated carbocycles. The van der Waals surface area contributed by atoms with Crippen molar-refractivity contribution in [3.05, 3.63) is 58.0 Å². The van der Waals surface area contributed by atoms with Crippen LogP contribution in [0.4, 0.5) is 5.69 Å². The van der Waals surface area contributed by atoms with Crippen LogP contribution in [-0.2, 0) is 11.8 Å². The second kappa shape index (κ2) is 5.83. The number of nitrogens with zero attached hydrogens (tertiary/aromatic N) is 2. The first-order valence-electron chi connectivity index (χ1n) is 6.71. The van der Waals surface area contributed by atoms with E-state index >= 15 is 0 Å². The van der Waals surface area contributed by atoms with Crippen LogP contribution in [0.25, 0.3) is 5.69 Å². The molecule has 0 fully saturated rings. The summed E-state index contributed by atoms with van der Waals surface area (Å²) in [6.07, 6.45) is 1.47. The van der Waals surface area contributed by atoms with Gasteiger partial charge in [0, 0.05) is 13.1 Å². The van der Waals surface area contributed by atoms with E-state index in [0.29, 0.717) is 11.4 Å². The molecule has 5 heteroatoms. The smallest absolute Gasteiger partial charge is 0.295 e. The summed E-state index contributed by atoms with van der Waals surface area (Å²) in [5, 5.41) is 2.67. The zero-order valence-electron chi connectivity index (χ0n) is 12.7. The van der Waals surface area contributed by atoms with Crippen LogP contribution >= 0.6 is 0 Å². The van der Waals surface area contributed by atoms with Crippen molar-refractivity contribution in [2.45, 2.75) is 20.8 Å². The molecule has 0 aliphatic rings. The summed E-state index contributed by atoms with van der Waals surface area (Å²) in [4.78, 5) is 24.4. The Morgan fingerprint density at radius 1 is 1.19 bits per heavy atom. The molecular weight excluding hydrogens is 266 g/mol. The van der Waals surface area contributed by atoms with Crippen LogP contribution in [0.15, 0.2) is 46.8 Å². The maximum atomic E-state index is 12.5. The zero-order valence-corrected chi connectivity index (χ0v) is 12.7. The molecule has 2 aromatic rings. The highest BCUT2D eigenvalue weighted by Gasteiger charge is 2.17. The summed E-state index contributed by atoms with van der Waals surface area (Å²) in [6, 6.07) is 9.32. The van der Waals surface area contributed by atoms with Gasteiger partial charge in [0.05, 0.1) is 11.4 Å². The number of hydrogen-bond acceptors (Lipinski definition) is 2. The topological polar surface area (TPSA) is 56.0 Å². The van der Waals surface area contributed by atoms with Gasteiger partial charge in [0.25, 0.3) is 5.56 Å². The first kappa shape index (κ1) is 14.8. The van der Waals surface area contributed by atoms with Gasteiger partial charge >= 0.3 is 0 Å². The predicted octanol–water partition coefficient (Wildman–Crippen LogP) is 2.39. The number of amides is 1. The van der Waals surface area contributed by atoms with E-state index < -0.39 is 0 Å². The molecule has 1 heterocycles. The molecule has 2 rings (SSSR count). The molecular formula is C16H19N3O2. The minimum Gasteiger partial charge on any atom is -0.316 e. The largest absolute Gasteiger partial charge is 0.316 e. The van der Waals surface area contributed by atoms with Crippen molar-refractivity contribution < 1.29 is 4.79 Å². The van der Waals surface area contributed by atoms with E-state index in [1.54, 1.807) is 18.7 Å². The molecule has 0 unspecified atom stereocenters. The van der Waals surface area contributed by atoms with Crippen molar-refractivity contribution in [3.63, 3.8) is 0 Å². The van der Waals surface area contributed by atoms with Crippen LogP contribution in [0.1, 0.15) is 19.5 Å². The Morgan fingerprint density at radius 3 is 2.38 bits per heavy atom. The Bertz CT molecular complexity index is 748. The molecule has 110 valence electrons. The van der Waals surface area contributed by atoms with Crippen LogP contribution in [-0.4, -0.2) is 15.3 Å². The van der Waals surface area contributed by atoms with Crippen molar-refractivity contribution >= 4 is 11.6 Å². The first-order chi connectivity index (χ1) is 9.91. The minimum absolute atomic E-state index is 0.239. The third-order valence-electron chi connectivity index (χ3n) is 3.22. The zero-order chi connectivity index (χ0) is 15.6. The Morgan fingerprint density at radius 2 is 1.81 bits per heavy atom. The summed E-state index contributed by atoms with van der Waals surface area (Å²) in [5.41, 5.74) is 2.42. The van der Waals surface area contributed by atoms with Crippen molar-refractivity contribution in [2.75, 3.05) is 5.32 Å². The normalized spacial score (nSPS) is 10.3. The van der Waals surface area contributed by atoms with Crippen LogP contribution < -0.4 is 10.9 Å². The Balaban J connectivity index is 2.49. The molecule has 0 bridgehead atoms. The Labute approximate surface area is 123 Å². The van der Waals surface area contributed by atoms with Gasteiger partial charge in [-0.05, 0) is 32.9 Å². The predicted molar refractivity (Wildman–Crippen MR) is 83.8 cm³/mol. The molecule has 1 N–H and O–H groups in total. The lowest BCUT2D eigenvalue weighted by Gasteiger charge is -2.07. The van der Waals surface area contributed by atoms with Crippen LogP contribution in [0.2, 0.25) is 0 Å². The van der Waals surface area contributed by atoms with Gasteiger partial charge in [-0.25, -0.2) is 4.68 Å². The van der Waals surface area contributed by atoms with Gasteiger partial charge in [-0.3, -0.25) is 14.3 Å². The average Bonchev–Trinajstić information content (AvgIpc) is 2.63. The number of aromatic nitrogens is 2. The van der Waals surface area contributed by atoms with Gasteiger partial charge in [-0.15, -0.1) is 0 Å². The monoisotopic (exact) mass is 285 g/mol. The van der Waals surface area contributed by atoms with E-state index in [2.05, 4.69) is 5.32 Å². The van der Waals surface area contributed by atoms with E-state index in [1.165, 1.54) is 10.8 Å². The van der Waals surface area contributed by atoms with Crippen molar-refractivity contribution in [1.82, 2.24) is 9.36 Å². The molecule has 0 aliphatic heterocycles. The van der Waals surface area contributed by atoms with Gasteiger partial charge in [-0.2, -0.15) is 0 Å². The van der Waals surface area contributed by atoms with Crippen molar-refractivity contribution in [2.24, 2.45) is 7.05 Å². The van der Waals surface area contributed by atoms with E-state index in [4.69, 9.17) is 0 Å². The van der Waals surface area contributed by atoms with Gasteiger partial charge < -0.3 is 5.32 Å². The summed E-state index contributed by atoms with van der Waals surface area (Å²) >= 11 is 0. The van der Waals surface area contributed by atoms with Crippen LogP contribution in [0, 0.1) is 6.92 Å².